The molecule has 0 unspecified atom stereocenters. The van der Waals surface area contributed by atoms with Crippen LogP contribution in [0.15, 0.2) is 11.2 Å². The number of nitrogens with two attached hydrogens (primary N) is 1. The third-order valence-corrected chi connectivity index (χ3v) is 5.83. The number of hydrogen-bond acceptors (Lipinski definition) is 4. The Balaban J connectivity index is 2.09. The zero-order valence-electron chi connectivity index (χ0n) is 12.9. The van der Waals surface area contributed by atoms with Crippen molar-refractivity contribution < 1.29 is 8.42 Å². The molecule has 3 N–H and O–H groups in total. The number of aromatic nitrogens is 2. The van der Waals surface area contributed by atoms with Gasteiger partial charge in [-0.05, 0) is 38.6 Å². The molecule has 1 saturated carbocycles. The van der Waals surface area contributed by atoms with Gasteiger partial charge in [0.15, 0.2) is 5.03 Å². The number of nitrogens with zero attached hydrogens (tertiary/aromatic N) is 2. The Morgan fingerprint density at radius 2 is 2.05 bits per heavy atom. The van der Waals surface area contributed by atoms with Crippen LogP contribution in [0.5, 0.6) is 0 Å². The van der Waals surface area contributed by atoms with Crippen LogP contribution in [-0.4, -0.2) is 31.1 Å². The van der Waals surface area contributed by atoms with Crippen molar-refractivity contribution in [1.29, 1.82) is 0 Å². The lowest BCUT2D eigenvalue weighted by molar-refractivity contribution is 0.202. The highest BCUT2D eigenvalue weighted by atomic mass is 32.2. The minimum atomic E-state index is -3.56. The van der Waals surface area contributed by atoms with Gasteiger partial charge in [-0.3, -0.25) is 0 Å². The van der Waals surface area contributed by atoms with E-state index in [4.69, 9.17) is 5.73 Å². The summed E-state index contributed by atoms with van der Waals surface area (Å²) in [7, 11) is -3.56. The fraction of sp³-hybridized carbons (Fsp3) is 0.786. The van der Waals surface area contributed by atoms with E-state index in [2.05, 4.69) is 9.71 Å². The normalized spacial score (nSPS) is 18.8. The van der Waals surface area contributed by atoms with Crippen LogP contribution in [-0.2, 0) is 16.6 Å². The first-order chi connectivity index (χ1) is 9.92. The molecule has 0 bridgehead atoms. The summed E-state index contributed by atoms with van der Waals surface area (Å²) in [6.07, 6.45) is 7.05. The first-order valence-corrected chi connectivity index (χ1v) is 9.14. The van der Waals surface area contributed by atoms with Crippen LogP contribution in [0, 0.1) is 12.3 Å². The summed E-state index contributed by atoms with van der Waals surface area (Å²) < 4.78 is 29.3. The Labute approximate surface area is 127 Å². The van der Waals surface area contributed by atoms with Crippen LogP contribution >= 0.6 is 0 Å². The molecule has 1 fully saturated rings. The quantitative estimate of drug-likeness (QED) is 0.830. The van der Waals surface area contributed by atoms with Crippen LogP contribution in [0.1, 0.15) is 44.9 Å². The predicted octanol–water partition coefficient (Wildman–Crippen LogP) is 1.40. The van der Waals surface area contributed by atoms with Crippen LogP contribution in [0.4, 0.5) is 0 Å². The van der Waals surface area contributed by atoms with Crippen molar-refractivity contribution >= 4 is 10.0 Å². The van der Waals surface area contributed by atoms with Crippen LogP contribution in [0.2, 0.25) is 0 Å². The van der Waals surface area contributed by atoms with Gasteiger partial charge in [-0.15, -0.1) is 0 Å². The number of nitrogens with one attached hydrogen (secondary N) is 1. The number of imidazole rings is 1. The van der Waals surface area contributed by atoms with Crippen molar-refractivity contribution in [2.24, 2.45) is 11.1 Å². The molecule has 120 valence electrons. The molecule has 0 aliphatic heterocycles. The standard InChI is InChI=1S/C14H26N4O2S/c1-3-18-9-13(17-12(18)2)21(19,20)16-11-14(10-15)7-5-4-6-8-14/h9,16H,3-8,10-11,15H2,1-2H3. The molecule has 0 amide bonds. The fourth-order valence-corrected chi connectivity index (χ4v) is 4.17. The number of hydrogen-bond donors (Lipinski definition) is 2. The molecule has 2 rings (SSSR count). The average molecular weight is 314 g/mol. The van der Waals surface area contributed by atoms with E-state index in [0.29, 0.717) is 25.5 Å². The lowest BCUT2D eigenvalue weighted by Gasteiger charge is -2.36. The van der Waals surface area contributed by atoms with Crippen molar-refractivity contribution in [2.45, 2.75) is 57.5 Å². The largest absolute Gasteiger partial charge is 0.334 e. The second-order valence-corrected chi connectivity index (χ2v) is 7.72. The van der Waals surface area contributed by atoms with E-state index in [-0.39, 0.29) is 10.4 Å². The molecule has 0 saturated heterocycles. The van der Waals surface area contributed by atoms with Gasteiger partial charge in [-0.1, -0.05) is 19.3 Å². The topological polar surface area (TPSA) is 90.0 Å². The highest BCUT2D eigenvalue weighted by Crippen LogP contribution is 2.34. The van der Waals surface area contributed by atoms with Gasteiger partial charge in [0.25, 0.3) is 10.0 Å². The second kappa shape index (κ2) is 6.46. The number of sulfonamides is 1. The molecule has 0 spiro atoms. The average Bonchev–Trinajstić information content (AvgIpc) is 2.88. The van der Waals surface area contributed by atoms with Gasteiger partial charge >= 0.3 is 0 Å². The third kappa shape index (κ3) is 3.64. The minimum absolute atomic E-state index is 0.0896. The summed E-state index contributed by atoms with van der Waals surface area (Å²) >= 11 is 0. The van der Waals surface area contributed by atoms with Gasteiger partial charge < -0.3 is 10.3 Å². The Morgan fingerprint density at radius 3 is 2.57 bits per heavy atom. The minimum Gasteiger partial charge on any atom is -0.334 e. The highest BCUT2D eigenvalue weighted by Gasteiger charge is 2.32. The summed E-state index contributed by atoms with van der Waals surface area (Å²) in [6, 6.07) is 0. The van der Waals surface area contributed by atoms with E-state index in [9.17, 15) is 8.42 Å². The van der Waals surface area contributed by atoms with Crippen molar-refractivity contribution in [2.75, 3.05) is 13.1 Å². The van der Waals surface area contributed by atoms with Gasteiger partial charge in [-0.25, -0.2) is 18.1 Å². The lowest BCUT2D eigenvalue weighted by Crippen LogP contribution is -2.43. The van der Waals surface area contributed by atoms with E-state index in [0.717, 1.165) is 25.7 Å². The lowest BCUT2D eigenvalue weighted by atomic mass is 9.74. The van der Waals surface area contributed by atoms with Crippen molar-refractivity contribution in [3.63, 3.8) is 0 Å². The Morgan fingerprint density at radius 1 is 1.38 bits per heavy atom. The van der Waals surface area contributed by atoms with Gasteiger partial charge in [0.2, 0.25) is 0 Å². The zero-order chi connectivity index (χ0) is 15.5. The van der Waals surface area contributed by atoms with E-state index >= 15 is 0 Å². The first-order valence-electron chi connectivity index (χ1n) is 7.66. The first kappa shape index (κ1) is 16.5. The Hall–Kier alpha value is -0.920. The molecular weight excluding hydrogens is 288 g/mol. The summed E-state index contributed by atoms with van der Waals surface area (Å²) in [5.41, 5.74) is 5.81. The summed E-state index contributed by atoms with van der Waals surface area (Å²) in [5.74, 6) is 0.712. The molecule has 1 heterocycles. The molecule has 1 aromatic heterocycles. The van der Waals surface area contributed by atoms with Gasteiger partial charge in [-0.2, -0.15) is 0 Å². The van der Waals surface area contributed by atoms with E-state index in [1.54, 1.807) is 6.20 Å². The Kier molecular flexibility index (Phi) is 5.06. The smallest absolute Gasteiger partial charge is 0.259 e. The summed E-state index contributed by atoms with van der Waals surface area (Å²) in [4.78, 5) is 4.15. The molecular formula is C14H26N4O2S. The molecule has 1 aliphatic rings. The maximum Gasteiger partial charge on any atom is 0.259 e. The molecule has 0 radical (unpaired) electrons. The van der Waals surface area contributed by atoms with Gasteiger partial charge in [0.1, 0.15) is 5.82 Å². The van der Waals surface area contributed by atoms with E-state index in [1.165, 1.54) is 6.42 Å². The SMILES string of the molecule is CCn1cc(S(=O)(=O)NCC2(CN)CCCCC2)nc1C. The van der Waals surface area contributed by atoms with Crippen LogP contribution in [0.25, 0.3) is 0 Å². The maximum absolute atomic E-state index is 12.4. The van der Waals surface area contributed by atoms with Crippen molar-refractivity contribution in [3.8, 4) is 0 Å². The molecule has 7 heteroatoms. The monoisotopic (exact) mass is 314 g/mol. The molecule has 1 aliphatic carbocycles. The highest BCUT2D eigenvalue weighted by molar-refractivity contribution is 7.89. The van der Waals surface area contributed by atoms with Crippen LogP contribution < -0.4 is 10.5 Å². The predicted molar refractivity (Wildman–Crippen MR) is 82.4 cm³/mol. The van der Waals surface area contributed by atoms with Crippen LogP contribution in [0.3, 0.4) is 0 Å². The second-order valence-electron chi connectivity index (χ2n) is 6.00. The number of aryl methyl sites for hydroxylation is 2. The van der Waals surface area contributed by atoms with Gasteiger partial charge in [0.05, 0.1) is 0 Å². The molecule has 0 aromatic carbocycles. The summed E-state index contributed by atoms with van der Waals surface area (Å²) in [6.45, 7) is 5.41. The molecule has 21 heavy (non-hydrogen) atoms. The molecule has 6 nitrogen and oxygen atoms in total. The van der Waals surface area contributed by atoms with Gasteiger partial charge in [0, 0.05) is 19.3 Å². The molecule has 0 atom stereocenters. The van der Waals surface area contributed by atoms with E-state index < -0.39 is 10.0 Å². The summed E-state index contributed by atoms with van der Waals surface area (Å²) in [5, 5.41) is 0.102. The van der Waals surface area contributed by atoms with Crippen molar-refractivity contribution in [3.05, 3.63) is 12.0 Å². The maximum atomic E-state index is 12.4. The Bertz CT molecular complexity index is 574. The molecule has 1 aromatic rings. The van der Waals surface area contributed by atoms with E-state index in [1.807, 2.05) is 18.4 Å². The number of rotatable bonds is 6. The zero-order valence-corrected chi connectivity index (χ0v) is 13.7. The third-order valence-electron chi connectivity index (χ3n) is 4.55. The van der Waals surface area contributed by atoms with Crippen molar-refractivity contribution in [1.82, 2.24) is 14.3 Å². The fourth-order valence-electron chi connectivity index (χ4n) is 3.01.